The van der Waals surface area contributed by atoms with Gasteiger partial charge in [-0.2, -0.15) is 0 Å². The van der Waals surface area contributed by atoms with Gasteiger partial charge in [-0.1, -0.05) is 6.92 Å². The summed E-state index contributed by atoms with van der Waals surface area (Å²) >= 11 is 0. The fourth-order valence-electron chi connectivity index (χ4n) is 2.17. The summed E-state index contributed by atoms with van der Waals surface area (Å²) in [5.74, 6) is 1.29. The third kappa shape index (κ3) is 4.61. The summed E-state index contributed by atoms with van der Waals surface area (Å²) in [7, 11) is 0. The minimum atomic E-state index is -0.0773. The van der Waals surface area contributed by atoms with Crippen molar-refractivity contribution in [1.82, 2.24) is 4.90 Å². The lowest BCUT2D eigenvalue weighted by atomic mass is 10.2. The van der Waals surface area contributed by atoms with Crippen LogP contribution >= 0.6 is 0 Å². The van der Waals surface area contributed by atoms with Gasteiger partial charge in [0.1, 0.15) is 13.2 Å². The van der Waals surface area contributed by atoms with Crippen molar-refractivity contribution in [2.24, 2.45) is 0 Å². The molecule has 0 saturated heterocycles. The number of likely N-dealkylation sites (N-methyl/N-ethyl adjacent to an activating group) is 1. The normalized spacial score (nSPS) is 13.3. The van der Waals surface area contributed by atoms with Crippen LogP contribution in [0.4, 0.5) is 5.69 Å². The van der Waals surface area contributed by atoms with Crippen molar-refractivity contribution in [1.29, 1.82) is 0 Å². The molecule has 1 heterocycles. The van der Waals surface area contributed by atoms with Crippen LogP contribution in [0.3, 0.4) is 0 Å². The van der Waals surface area contributed by atoms with E-state index in [1.54, 1.807) is 18.2 Å². The first-order valence-electron chi connectivity index (χ1n) is 7.25. The van der Waals surface area contributed by atoms with Crippen molar-refractivity contribution in [3.05, 3.63) is 18.2 Å². The molecule has 2 rings (SSSR count). The van der Waals surface area contributed by atoms with Crippen LogP contribution < -0.4 is 14.8 Å². The fraction of sp³-hybridized carbons (Fsp3) is 0.533. The first kappa shape index (κ1) is 15.6. The molecular formula is C15H22N2O4. The highest BCUT2D eigenvalue weighted by atomic mass is 16.6. The number of rotatable bonds is 7. The van der Waals surface area contributed by atoms with Gasteiger partial charge in [-0.3, -0.25) is 9.69 Å². The van der Waals surface area contributed by atoms with Crippen molar-refractivity contribution < 1.29 is 19.4 Å². The number of ether oxygens (including phenoxy) is 2. The summed E-state index contributed by atoms with van der Waals surface area (Å²) in [6, 6.07) is 5.37. The van der Waals surface area contributed by atoms with Crippen LogP contribution in [0.15, 0.2) is 18.2 Å². The standard InChI is InChI=1S/C15H22N2O4/c1-2-17(6-3-7-18)11-15(19)16-12-4-5-13-14(10-12)21-9-8-20-13/h4-5,10,18H,2-3,6-9,11H2,1H3,(H,16,19). The van der Waals surface area contributed by atoms with E-state index in [0.717, 1.165) is 6.54 Å². The number of anilines is 1. The Morgan fingerprint density at radius 2 is 2.10 bits per heavy atom. The molecule has 0 unspecified atom stereocenters. The van der Waals surface area contributed by atoms with Crippen LogP contribution in [-0.2, 0) is 4.79 Å². The Bertz CT molecular complexity index is 479. The molecule has 1 aliphatic rings. The van der Waals surface area contributed by atoms with E-state index in [9.17, 15) is 4.79 Å². The number of aliphatic hydroxyl groups excluding tert-OH is 1. The number of nitrogens with zero attached hydrogens (tertiary/aromatic N) is 1. The molecule has 6 heteroatoms. The van der Waals surface area contributed by atoms with Gasteiger partial charge >= 0.3 is 0 Å². The molecule has 0 aliphatic carbocycles. The molecule has 1 amide bonds. The van der Waals surface area contributed by atoms with Crippen molar-refractivity contribution in [3.63, 3.8) is 0 Å². The van der Waals surface area contributed by atoms with Gasteiger partial charge in [-0.05, 0) is 25.1 Å². The van der Waals surface area contributed by atoms with E-state index in [1.807, 2.05) is 11.8 Å². The van der Waals surface area contributed by atoms with Crippen LogP contribution in [0, 0.1) is 0 Å². The number of fused-ring (bicyclic) bond motifs is 1. The number of aliphatic hydroxyl groups is 1. The van der Waals surface area contributed by atoms with E-state index in [4.69, 9.17) is 14.6 Å². The lowest BCUT2D eigenvalue weighted by molar-refractivity contribution is -0.117. The zero-order valence-corrected chi connectivity index (χ0v) is 12.3. The molecule has 6 nitrogen and oxygen atoms in total. The summed E-state index contributed by atoms with van der Waals surface area (Å²) in [6.07, 6.45) is 0.672. The summed E-state index contributed by atoms with van der Waals surface area (Å²) in [5, 5.41) is 11.7. The smallest absolute Gasteiger partial charge is 0.238 e. The van der Waals surface area contributed by atoms with Gasteiger partial charge in [-0.25, -0.2) is 0 Å². The highest BCUT2D eigenvalue weighted by Crippen LogP contribution is 2.32. The van der Waals surface area contributed by atoms with Gasteiger partial charge in [-0.15, -0.1) is 0 Å². The molecule has 0 spiro atoms. The number of carbonyl (C=O) groups is 1. The van der Waals surface area contributed by atoms with Gasteiger partial charge < -0.3 is 19.9 Å². The maximum atomic E-state index is 12.0. The molecule has 116 valence electrons. The second-order valence-corrected chi connectivity index (χ2v) is 4.85. The largest absolute Gasteiger partial charge is 0.486 e. The van der Waals surface area contributed by atoms with Crippen LogP contribution in [-0.4, -0.2) is 55.4 Å². The molecule has 1 aromatic rings. The van der Waals surface area contributed by atoms with Crippen LogP contribution in [0.5, 0.6) is 11.5 Å². The van der Waals surface area contributed by atoms with Crippen LogP contribution in [0.2, 0.25) is 0 Å². The Labute approximate surface area is 124 Å². The van der Waals surface area contributed by atoms with Crippen molar-refractivity contribution in [2.45, 2.75) is 13.3 Å². The minimum Gasteiger partial charge on any atom is -0.486 e. The molecule has 21 heavy (non-hydrogen) atoms. The Kier molecular flexibility index (Phi) is 5.83. The second kappa shape index (κ2) is 7.85. The van der Waals surface area contributed by atoms with E-state index < -0.39 is 0 Å². The predicted octanol–water partition coefficient (Wildman–Crippen LogP) is 1.10. The Hall–Kier alpha value is -1.79. The van der Waals surface area contributed by atoms with Crippen LogP contribution in [0.1, 0.15) is 13.3 Å². The number of amides is 1. The second-order valence-electron chi connectivity index (χ2n) is 4.85. The third-order valence-corrected chi connectivity index (χ3v) is 3.27. The van der Waals surface area contributed by atoms with Crippen molar-refractivity contribution >= 4 is 11.6 Å². The van der Waals surface area contributed by atoms with Crippen LogP contribution in [0.25, 0.3) is 0 Å². The van der Waals surface area contributed by atoms with Gasteiger partial charge in [0.05, 0.1) is 6.54 Å². The highest BCUT2D eigenvalue weighted by Gasteiger charge is 2.14. The SMILES string of the molecule is CCN(CCCO)CC(=O)Nc1ccc2c(c1)OCCO2. The molecule has 0 fully saturated rings. The maximum Gasteiger partial charge on any atom is 0.238 e. The fourth-order valence-corrected chi connectivity index (χ4v) is 2.17. The Morgan fingerprint density at radius 3 is 2.81 bits per heavy atom. The Morgan fingerprint density at radius 1 is 1.33 bits per heavy atom. The number of hydrogen-bond acceptors (Lipinski definition) is 5. The zero-order chi connectivity index (χ0) is 15.1. The summed E-state index contributed by atoms with van der Waals surface area (Å²) in [4.78, 5) is 14.0. The van der Waals surface area contributed by atoms with Gasteiger partial charge in [0.25, 0.3) is 0 Å². The lowest BCUT2D eigenvalue weighted by Crippen LogP contribution is -2.34. The third-order valence-electron chi connectivity index (χ3n) is 3.27. The number of hydrogen-bond donors (Lipinski definition) is 2. The van der Waals surface area contributed by atoms with E-state index in [1.165, 1.54) is 0 Å². The predicted molar refractivity (Wildman–Crippen MR) is 79.9 cm³/mol. The number of nitrogens with one attached hydrogen (secondary N) is 1. The minimum absolute atomic E-state index is 0.0773. The molecule has 0 saturated carbocycles. The van der Waals surface area contributed by atoms with Gasteiger partial charge in [0.2, 0.25) is 5.91 Å². The summed E-state index contributed by atoms with van der Waals surface area (Å²) in [5.41, 5.74) is 0.697. The monoisotopic (exact) mass is 294 g/mol. The first-order chi connectivity index (χ1) is 10.2. The number of benzene rings is 1. The summed E-state index contributed by atoms with van der Waals surface area (Å²) in [6.45, 7) is 5.00. The quantitative estimate of drug-likeness (QED) is 0.788. The molecular weight excluding hydrogens is 272 g/mol. The molecule has 0 bridgehead atoms. The molecule has 1 aliphatic heterocycles. The van der Waals surface area contributed by atoms with E-state index >= 15 is 0 Å². The van der Waals surface area contributed by atoms with Gasteiger partial charge in [0, 0.05) is 24.9 Å². The zero-order valence-electron chi connectivity index (χ0n) is 12.3. The molecule has 0 atom stereocenters. The lowest BCUT2D eigenvalue weighted by Gasteiger charge is -2.21. The average molecular weight is 294 g/mol. The van der Waals surface area contributed by atoms with Crippen molar-refractivity contribution in [2.75, 3.05) is 44.8 Å². The van der Waals surface area contributed by atoms with E-state index in [-0.39, 0.29) is 12.5 Å². The van der Waals surface area contributed by atoms with Crippen molar-refractivity contribution in [3.8, 4) is 11.5 Å². The molecule has 2 N–H and O–H groups in total. The van der Waals surface area contributed by atoms with E-state index in [2.05, 4.69) is 5.32 Å². The molecule has 0 aromatic heterocycles. The number of carbonyl (C=O) groups excluding carboxylic acids is 1. The maximum absolute atomic E-state index is 12.0. The first-order valence-corrected chi connectivity index (χ1v) is 7.25. The van der Waals surface area contributed by atoms with Gasteiger partial charge in [0.15, 0.2) is 11.5 Å². The average Bonchev–Trinajstić information content (AvgIpc) is 2.51. The molecule has 1 aromatic carbocycles. The van der Waals surface area contributed by atoms with E-state index in [0.29, 0.717) is 49.9 Å². The highest BCUT2D eigenvalue weighted by molar-refractivity contribution is 5.92. The Balaban J connectivity index is 1.90. The summed E-state index contributed by atoms with van der Waals surface area (Å²) < 4.78 is 10.9. The molecule has 0 radical (unpaired) electrons. The topological polar surface area (TPSA) is 71.0 Å².